The van der Waals surface area contributed by atoms with Gasteiger partial charge in [0.1, 0.15) is 5.69 Å². The number of nitrogens with two attached hydrogens (primary N) is 1. The Bertz CT molecular complexity index is 849. The van der Waals surface area contributed by atoms with E-state index in [1.54, 1.807) is 24.3 Å². The molecule has 3 aromatic rings. The molecule has 0 spiro atoms. The monoisotopic (exact) mass is 320 g/mol. The van der Waals surface area contributed by atoms with E-state index >= 15 is 0 Å². The largest absolute Gasteiger partial charge is 0.393 e. The fraction of sp³-hybridized carbons (Fsp3) is 0. The quantitative estimate of drug-likeness (QED) is 0.434. The van der Waals surface area contributed by atoms with Gasteiger partial charge in [0.25, 0.3) is 5.69 Å². The minimum atomic E-state index is -0.507. The number of nitro benzene ring substituents is 1. The Kier molecular flexibility index (Phi) is 3.44. The zero-order valence-corrected chi connectivity index (χ0v) is 12.1. The first-order valence-electron chi connectivity index (χ1n) is 5.90. The minimum absolute atomic E-state index is 0.101. The summed E-state index contributed by atoms with van der Waals surface area (Å²) in [6.07, 6.45) is 0. The number of fused-ring (bicyclic) bond motifs is 1. The van der Waals surface area contributed by atoms with Crippen molar-refractivity contribution in [3.63, 3.8) is 0 Å². The van der Waals surface area contributed by atoms with Crippen LogP contribution in [0.5, 0.6) is 0 Å². The lowest BCUT2D eigenvalue weighted by atomic mass is 10.3. The molecule has 0 amide bonds. The Morgan fingerprint density at radius 2 is 2.10 bits per heavy atom. The SMILES string of the molecule is Nc1cc(Sc2nc3ccc(Cl)cc3[nH]2)ccc1[N+](=O)[O-]. The number of imidazole rings is 1. The van der Waals surface area contributed by atoms with E-state index in [1.165, 1.54) is 17.8 Å². The Hall–Kier alpha value is -2.25. The second kappa shape index (κ2) is 5.27. The van der Waals surface area contributed by atoms with E-state index in [1.807, 2.05) is 6.07 Å². The number of rotatable bonds is 3. The number of aromatic amines is 1. The molecular formula is C13H9ClN4O2S. The third kappa shape index (κ3) is 2.79. The molecular weight excluding hydrogens is 312 g/mol. The molecule has 1 heterocycles. The molecule has 2 aromatic carbocycles. The van der Waals surface area contributed by atoms with Gasteiger partial charge in [-0.05, 0) is 30.3 Å². The Morgan fingerprint density at radius 1 is 1.29 bits per heavy atom. The topological polar surface area (TPSA) is 97.8 Å². The molecule has 8 heteroatoms. The van der Waals surface area contributed by atoms with Gasteiger partial charge in [-0.2, -0.15) is 0 Å². The average molecular weight is 321 g/mol. The van der Waals surface area contributed by atoms with Crippen molar-refractivity contribution in [2.24, 2.45) is 0 Å². The summed E-state index contributed by atoms with van der Waals surface area (Å²) >= 11 is 7.26. The number of nitrogens with zero attached hydrogens (tertiary/aromatic N) is 2. The van der Waals surface area contributed by atoms with Crippen molar-refractivity contribution in [2.75, 3.05) is 5.73 Å². The first-order valence-corrected chi connectivity index (χ1v) is 7.09. The van der Waals surface area contributed by atoms with Gasteiger partial charge in [-0.1, -0.05) is 23.4 Å². The summed E-state index contributed by atoms with van der Waals surface area (Å²) in [6, 6.07) is 9.96. The summed E-state index contributed by atoms with van der Waals surface area (Å²) in [4.78, 5) is 18.5. The third-order valence-corrected chi connectivity index (χ3v) is 3.94. The number of hydrogen-bond acceptors (Lipinski definition) is 5. The number of hydrogen-bond donors (Lipinski definition) is 2. The molecule has 21 heavy (non-hydrogen) atoms. The average Bonchev–Trinajstić information content (AvgIpc) is 2.79. The van der Waals surface area contributed by atoms with Crippen LogP contribution in [-0.4, -0.2) is 14.9 Å². The first kappa shape index (κ1) is 13.7. The number of anilines is 1. The van der Waals surface area contributed by atoms with E-state index in [-0.39, 0.29) is 11.4 Å². The molecule has 3 N–H and O–H groups in total. The smallest absolute Gasteiger partial charge is 0.292 e. The van der Waals surface area contributed by atoms with Gasteiger partial charge >= 0.3 is 0 Å². The van der Waals surface area contributed by atoms with Crippen molar-refractivity contribution >= 4 is 45.8 Å². The maximum Gasteiger partial charge on any atom is 0.292 e. The lowest BCUT2D eigenvalue weighted by Gasteiger charge is -2.00. The van der Waals surface area contributed by atoms with Crippen LogP contribution in [0.4, 0.5) is 11.4 Å². The number of benzene rings is 2. The van der Waals surface area contributed by atoms with Crippen LogP contribution in [0.3, 0.4) is 0 Å². The van der Waals surface area contributed by atoms with Crippen molar-refractivity contribution in [1.82, 2.24) is 9.97 Å². The predicted molar refractivity (Wildman–Crippen MR) is 82.7 cm³/mol. The highest BCUT2D eigenvalue weighted by atomic mass is 35.5. The second-order valence-electron chi connectivity index (χ2n) is 4.28. The number of nitrogens with one attached hydrogen (secondary N) is 1. The van der Waals surface area contributed by atoms with Gasteiger partial charge in [0.2, 0.25) is 0 Å². The third-order valence-electron chi connectivity index (χ3n) is 2.83. The predicted octanol–water partition coefficient (Wildman–Crippen LogP) is 3.86. The van der Waals surface area contributed by atoms with Crippen molar-refractivity contribution in [1.29, 1.82) is 0 Å². The van der Waals surface area contributed by atoms with E-state index in [0.717, 1.165) is 15.9 Å². The van der Waals surface area contributed by atoms with Gasteiger partial charge in [0.15, 0.2) is 5.16 Å². The van der Waals surface area contributed by atoms with Crippen LogP contribution < -0.4 is 5.73 Å². The molecule has 0 radical (unpaired) electrons. The summed E-state index contributed by atoms with van der Waals surface area (Å²) in [5.41, 5.74) is 7.33. The summed E-state index contributed by atoms with van der Waals surface area (Å²) < 4.78 is 0. The molecule has 0 atom stereocenters. The van der Waals surface area contributed by atoms with Crippen LogP contribution >= 0.6 is 23.4 Å². The fourth-order valence-electron chi connectivity index (χ4n) is 1.88. The molecule has 6 nitrogen and oxygen atoms in total. The molecule has 0 aliphatic carbocycles. The molecule has 3 rings (SSSR count). The number of aromatic nitrogens is 2. The van der Waals surface area contributed by atoms with Crippen LogP contribution in [0.1, 0.15) is 0 Å². The van der Waals surface area contributed by atoms with Gasteiger partial charge in [-0.25, -0.2) is 4.98 Å². The van der Waals surface area contributed by atoms with Gasteiger partial charge < -0.3 is 10.7 Å². The summed E-state index contributed by atoms with van der Waals surface area (Å²) in [5.74, 6) is 0. The maximum absolute atomic E-state index is 10.7. The first-order chi connectivity index (χ1) is 10.0. The van der Waals surface area contributed by atoms with Crippen LogP contribution in [0.2, 0.25) is 5.02 Å². The second-order valence-corrected chi connectivity index (χ2v) is 5.78. The molecule has 0 unspecified atom stereocenters. The van der Waals surface area contributed by atoms with Crippen LogP contribution in [0, 0.1) is 10.1 Å². The number of H-pyrrole nitrogens is 1. The van der Waals surface area contributed by atoms with Crippen LogP contribution in [0.15, 0.2) is 46.5 Å². The van der Waals surface area contributed by atoms with E-state index < -0.39 is 4.92 Å². The van der Waals surface area contributed by atoms with E-state index in [4.69, 9.17) is 17.3 Å². The highest BCUT2D eigenvalue weighted by Gasteiger charge is 2.12. The zero-order valence-electron chi connectivity index (χ0n) is 10.5. The van der Waals surface area contributed by atoms with Crippen molar-refractivity contribution in [3.8, 4) is 0 Å². The van der Waals surface area contributed by atoms with Crippen molar-refractivity contribution in [2.45, 2.75) is 10.1 Å². The summed E-state index contributed by atoms with van der Waals surface area (Å²) in [6.45, 7) is 0. The van der Waals surface area contributed by atoms with E-state index in [9.17, 15) is 10.1 Å². The molecule has 1 aromatic heterocycles. The maximum atomic E-state index is 10.7. The normalized spacial score (nSPS) is 10.9. The van der Waals surface area contributed by atoms with Crippen molar-refractivity contribution in [3.05, 3.63) is 51.5 Å². The zero-order chi connectivity index (χ0) is 15.0. The van der Waals surface area contributed by atoms with E-state index in [0.29, 0.717) is 10.2 Å². The molecule has 0 aliphatic heterocycles. The Balaban J connectivity index is 1.91. The molecule has 0 saturated heterocycles. The van der Waals surface area contributed by atoms with Crippen LogP contribution in [-0.2, 0) is 0 Å². The van der Waals surface area contributed by atoms with Gasteiger partial charge in [-0.3, -0.25) is 10.1 Å². The standard InChI is InChI=1S/C13H9ClN4O2S/c14-7-1-3-10-11(5-7)17-13(16-10)21-8-2-4-12(18(19)20)9(15)6-8/h1-6H,15H2,(H,16,17). The number of nitrogen functional groups attached to an aromatic ring is 1. The molecule has 0 saturated carbocycles. The van der Waals surface area contributed by atoms with Gasteiger partial charge in [-0.15, -0.1) is 0 Å². The van der Waals surface area contributed by atoms with Gasteiger partial charge in [0.05, 0.1) is 16.0 Å². The Labute approximate surface area is 128 Å². The fourth-order valence-corrected chi connectivity index (χ4v) is 2.90. The summed E-state index contributed by atoms with van der Waals surface area (Å²) in [7, 11) is 0. The highest BCUT2D eigenvalue weighted by Crippen LogP contribution is 2.32. The molecule has 0 fully saturated rings. The van der Waals surface area contributed by atoms with Crippen LogP contribution in [0.25, 0.3) is 11.0 Å². The molecule has 0 bridgehead atoms. The van der Waals surface area contributed by atoms with E-state index in [2.05, 4.69) is 9.97 Å². The number of halogens is 1. The molecule has 0 aliphatic rings. The van der Waals surface area contributed by atoms with Gasteiger partial charge in [0, 0.05) is 16.0 Å². The van der Waals surface area contributed by atoms with Crippen molar-refractivity contribution < 1.29 is 4.92 Å². The molecule has 106 valence electrons. The number of nitro groups is 1. The summed E-state index contributed by atoms with van der Waals surface area (Å²) in [5, 5.41) is 12.0. The minimum Gasteiger partial charge on any atom is -0.393 e. The lowest BCUT2D eigenvalue weighted by molar-refractivity contribution is -0.383. The lowest BCUT2D eigenvalue weighted by Crippen LogP contribution is -1.95. The highest BCUT2D eigenvalue weighted by molar-refractivity contribution is 7.99. The Morgan fingerprint density at radius 3 is 2.81 bits per heavy atom.